The molecule has 4 N–H and O–H groups in total. The van der Waals surface area contributed by atoms with Gasteiger partial charge in [0, 0.05) is 18.7 Å². The summed E-state index contributed by atoms with van der Waals surface area (Å²) in [6, 6.07) is 6.99. The molecule has 0 aromatic heterocycles. The Morgan fingerprint density at radius 3 is 2.32 bits per heavy atom. The summed E-state index contributed by atoms with van der Waals surface area (Å²) in [4.78, 5) is 23.1. The number of hydrogen-bond donors (Lipinski definition) is 3. The smallest absolute Gasteiger partial charge is 0.311 e. The van der Waals surface area contributed by atoms with E-state index < -0.39 is 11.4 Å². The molecule has 0 spiro atoms. The third-order valence-electron chi connectivity index (χ3n) is 3.80. The van der Waals surface area contributed by atoms with E-state index in [0.29, 0.717) is 24.9 Å². The fraction of sp³-hybridized carbons (Fsp3) is 0.429. The predicted molar refractivity (Wildman–Crippen MR) is 70.6 cm³/mol. The quantitative estimate of drug-likeness (QED) is 0.741. The van der Waals surface area contributed by atoms with Crippen molar-refractivity contribution >= 4 is 11.9 Å². The van der Waals surface area contributed by atoms with E-state index in [1.54, 1.807) is 24.3 Å². The van der Waals surface area contributed by atoms with Gasteiger partial charge in [0.25, 0.3) is 5.91 Å². The minimum atomic E-state index is -0.822. The molecule has 5 heteroatoms. The van der Waals surface area contributed by atoms with Crippen LogP contribution in [0.5, 0.6) is 0 Å². The largest absolute Gasteiger partial charge is 0.481 e. The lowest BCUT2D eigenvalue weighted by molar-refractivity contribution is -0.153. The van der Waals surface area contributed by atoms with Gasteiger partial charge < -0.3 is 16.2 Å². The molecular formula is C14H18N2O3. The molecule has 1 aromatic rings. The standard InChI is InChI=1S/C14H18N2O3/c15-8-10-2-4-11(5-3-10)12(17)16-9-14(13(18)19)6-1-7-14/h2-5H,1,6-9,15H2,(H,16,17)(H,18,19). The molecule has 102 valence electrons. The SMILES string of the molecule is NCc1ccc(C(=O)NCC2(C(=O)O)CCC2)cc1. The molecule has 0 atom stereocenters. The van der Waals surface area contributed by atoms with Crippen LogP contribution in [0.4, 0.5) is 0 Å². The summed E-state index contributed by atoms with van der Waals surface area (Å²) in [6.07, 6.45) is 2.18. The van der Waals surface area contributed by atoms with Gasteiger partial charge in [-0.05, 0) is 30.5 Å². The summed E-state index contributed by atoms with van der Waals surface area (Å²) in [5.74, 6) is -1.06. The molecule has 1 amide bonds. The van der Waals surface area contributed by atoms with Gasteiger partial charge in [0.05, 0.1) is 5.41 Å². The highest BCUT2D eigenvalue weighted by atomic mass is 16.4. The molecule has 2 rings (SSSR count). The van der Waals surface area contributed by atoms with Crippen LogP contribution in [0.1, 0.15) is 35.2 Å². The Hall–Kier alpha value is -1.88. The van der Waals surface area contributed by atoms with Crippen LogP contribution in [0.3, 0.4) is 0 Å². The number of nitrogens with one attached hydrogen (secondary N) is 1. The Bertz CT molecular complexity index is 478. The predicted octanol–water partition coefficient (Wildman–Crippen LogP) is 1.13. The number of carboxylic acid groups (broad SMARTS) is 1. The maximum atomic E-state index is 11.9. The lowest BCUT2D eigenvalue weighted by Crippen LogP contribution is -2.47. The fourth-order valence-electron chi connectivity index (χ4n) is 2.21. The van der Waals surface area contributed by atoms with Crippen LogP contribution in [0, 0.1) is 5.41 Å². The third-order valence-corrected chi connectivity index (χ3v) is 3.80. The minimum Gasteiger partial charge on any atom is -0.481 e. The summed E-state index contributed by atoms with van der Waals surface area (Å²) in [5, 5.41) is 11.9. The van der Waals surface area contributed by atoms with Gasteiger partial charge in [-0.1, -0.05) is 18.6 Å². The number of hydrogen-bond acceptors (Lipinski definition) is 3. The van der Waals surface area contributed by atoms with Crippen LogP contribution < -0.4 is 11.1 Å². The molecule has 0 bridgehead atoms. The zero-order valence-electron chi connectivity index (χ0n) is 10.7. The molecule has 0 saturated heterocycles. The molecule has 0 aliphatic heterocycles. The van der Waals surface area contributed by atoms with E-state index in [-0.39, 0.29) is 12.5 Å². The number of carbonyl (C=O) groups is 2. The van der Waals surface area contributed by atoms with Crippen molar-refractivity contribution in [2.75, 3.05) is 6.54 Å². The topological polar surface area (TPSA) is 92.4 Å². The molecule has 5 nitrogen and oxygen atoms in total. The summed E-state index contributed by atoms with van der Waals surface area (Å²) >= 11 is 0. The van der Waals surface area contributed by atoms with Crippen LogP contribution in [-0.4, -0.2) is 23.5 Å². The van der Waals surface area contributed by atoms with Gasteiger partial charge in [-0.15, -0.1) is 0 Å². The maximum absolute atomic E-state index is 11.9. The van der Waals surface area contributed by atoms with Crippen molar-refractivity contribution in [2.24, 2.45) is 11.1 Å². The van der Waals surface area contributed by atoms with Gasteiger partial charge in [0.15, 0.2) is 0 Å². The van der Waals surface area contributed by atoms with Crippen molar-refractivity contribution < 1.29 is 14.7 Å². The van der Waals surface area contributed by atoms with Gasteiger partial charge in [-0.2, -0.15) is 0 Å². The number of nitrogens with two attached hydrogens (primary N) is 1. The van der Waals surface area contributed by atoms with Crippen molar-refractivity contribution in [3.8, 4) is 0 Å². The van der Waals surface area contributed by atoms with Gasteiger partial charge in [0.2, 0.25) is 0 Å². The molecule has 1 saturated carbocycles. The van der Waals surface area contributed by atoms with Crippen molar-refractivity contribution in [3.05, 3.63) is 35.4 Å². The summed E-state index contributed by atoms with van der Waals surface area (Å²) in [5.41, 5.74) is 6.21. The van der Waals surface area contributed by atoms with Gasteiger partial charge in [0.1, 0.15) is 0 Å². The Kier molecular flexibility index (Phi) is 3.85. The van der Waals surface area contributed by atoms with Crippen molar-refractivity contribution in [2.45, 2.75) is 25.8 Å². The number of carboxylic acids is 1. The van der Waals surface area contributed by atoms with E-state index in [1.807, 2.05) is 0 Å². The maximum Gasteiger partial charge on any atom is 0.311 e. The molecule has 0 heterocycles. The zero-order chi connectivity index (χ0) is 13.9. The van der Waals surface area contributed by atoms with E-state index in [1.165, 1.54) is 0 Å². The normalized spacial score (nSPS) is 16.5. The number of amides is 1. The zero-order valence-corrected chi connectivity index (χ0v) is 10.7. The molecule has 19 heavy (non-hydrogen) atoms. The van der Waals surface area contributed by atoms with Crippen LogP contribution in [-0.2, 0) is 11.3 Å². The van der Waals surface area contributed by atoms with Gasteiger partial charge >= 0.3 is 5.97 Å². The van der Waals surface area contributed by atoms with E-state index in [2.05, 4.69) is 5.32 Å². The Morgan fingerprint density at radius 1 is 1.26 bits per heavy atom. The molecule has 0 unspecified atom stereocenters. The minimum absolute atomic E-state index is 0.194. The average molecular weight is 262 g/mol. The first-order valence-electron chi connectivity index (χ1n) is 6.38. The Morgan fingerprint density at radius 2 is 1.89 bits per heavy atom. The van der Waals surface area contributed by atoms with Crippen LogP contribution in [0.2, 0.25) is 0 Å². The number of aliphatic carboxylic acids is 1. The average Bonchev–Trinajstić information content (AvgIpc) is 2.37. The second-order valence-electron chi connectivity index (χ2n) is 5.02. The van der Waals surface area contributed by atoms with Crippen LogP contribution >= 0.6 is 0 Å². The first kappa shape index (κ1) is 13.5. The van der Waals surface area contributed by atoms with Crippen molar-refractivity contribution in [1.29, 1.82) is 0 Å². The number of benzene rings is 1. The summed E-state index contributed by atoms with van der Waals surface area (Å²) < 4.78 is 0. The lowest BCUT2D eigenvalue weighted by Gasteiger charge is -2.37. The number of rotatable bonds is 5. The van der Waals surface area contributed by atoms with Crippen LogP contribution in [0.15, 0.2) is 24.3 Å². The van der Waals surface area contributed by atoms with Gasteiger partial charge in [-0.25, -0.2) is 0 Å². The van der Waals surface area contributed by atoms with Crippen molar-refractivity contribution in [1.82, 2.24) is 5.32 Å². The van der Waals surface area contributed by atoms with Crippen LogP contribution in [0.25, 0.3) is 0 Å². The second kappa shape index (κ2) is 5.40. The molecule has 1 aromatic carbocycles. The van der Waals surface area contributed by atoms with E-state index in [9.17, 15) is 14.7 Å². The Labute approximate surface area is 111 Å². The first-order chi connectivity index (χ1) is 9.07. The Balaban J connectivity index is 1.95. The summed E-state index contributed by atoms with van der Waals surface area (Å²) in [6.45, 7) is 0.629. The molecule has 1 aliphatic carbocycles. The molecule has 0 radical (unpaired) electrons. The monoisotopic (exact) mass is 262 g/mol. The highest BCUT2D eigenvalue weighted by molar-refractivity contribution is 5.94. The first-order valence-corrected chi connectivity index (χ1v) is 6.38. The highest BCUT2D eigenvalue weighted by Crippen LogP contribution is 2.40. The van der Waals surface area contributed by atoms with E-state index >= 15 is 0 Å². The van der Waals surface area contributed by atoms with Gasteiger partial charge in [-0.3, -0.25) is 9.59 Å². The fourth-order valence-corrected chi connectivity index (χ4v) is 2.21. The lowest BCUT2D eigenvalue weighted by atomic mass is 9.69. The highest BCUT2D eigenvalue weighted by Gasteiger charge is 2.44. The number of carbonyl (C=O) groups excluding carboxylic acids is 1. The summed E-state index contributed by atoms with van der Waals surface area (Å²) in [7, 11) is 0. The second-order valence-corrected chi connectivity index (χ2v) is 5.02. The molecule has 1 aliphatic rings. The molecule has 1 fully saturated rings. The van der Waals surface area contributed by atoms with E-state index in [4.69, 9.17) is 5.73 Å². The molecular weight excluding hydrogens is 244 g/mol. The van der Waals surface area contributed by atoms with E-state index in [0.717, 1.165) is 12.0 Å². The third kappa shape index (κ3) is 2.76. The van der Waals surface area contributed by atoms with Crippen molar-refractivity contribution in [3.63, 3.8) is 0 Å².